The van der Waals surface area contributed by atoms with E-state index < -0.39 is 30.0 Å². The maximum atomic E-state index is 11.6. The van der Waals surface area contributed by atoms with Crippen LogP contribution in [0.5, 0.6) is 0 Å². The van der Waals surface area contributed by atoms with Gasteiger partial charge in [-0.1, -0.05) is 18.2 Å². The van der Waals surface area contributed by atoms with Crippen molar-refractivity contribution < 1.29 is 24.6 Å². The van der Waals surface area contributed by atoms with Crippen LogP contribution in [0.1, 0.15) is 11.7 Å². The molecule has 2 N–H and O–H groups in total. The van der Waals surface area contributed by atoms with E-state index in [1.54, 1.807) is 7.05 Å². The summed E-state index contributed by atoms with van der Waals surface area (Å²) in [5.41, 5.74) is 1.66. The van der Waals surface area contributed by atoms with Crippen LogP contribution in [0.4, 0.5) is 0 Å². The van der Waals surface area contributed by atoms with Crippen molar-refractivity contribution in [2.75, 3.05) is 7.05 Å². The lowest BCUT2D eigenvalue weighted by atomic mass is 9.92. The number of hydrogen-bond donors (Lipinski definition) is 2. The van der Waals surface area contributed by atoms with Crippen LogP contribution < -0.4 is 0 Å². The molecule has 3 atom stereocenters. The van der Waals surface area contributed by atoms with Crippen molar-refractivity contribution in [2.24, 2.45) is 13.0 Å². The van der Waals surface area contributed by atoms with Gasteiger partial charge >= 0.3 is 11.9 Å². The van der Waals surface area contributed by atoms with Gasteiger partial charge in [0.25, 0.3) is 0 Å². The molecule has 1 aliphatic heterocycles. The summed E-state index contributed by atoms with van der Waals surface area (Å²) in [5, 5.41) is 21.0. The second kappa shape index (κ2) is 5.11. The number of hydroxylamine groups is 2. The van der Waals surface area contributed by atoms with Gasteiger partial charge in [-0.2, -0.15) is 5.06 Å². The van der Waals surface area contributed by atoms with Crippen molar-refractivity contribution in [3.05, 3.63) is 36.0 Å². The zero-order chi connectivity index (χ0) is 16.0. The van der Waals surface area contributed by atoms with E-state index in [2.05, 4.69) is 0 Å². The summed E-state index contributed by atoms with van der Waals surface area (Å²) in [5.74, 6) is -3.64. The molecule has 1 aliphatic rings. The molecule has 0 amide bonds. The molecule has 116 valence electrons. The third-order valence-corrected chi connectivity index (χ3v) is 4.16. The molecular formula is C15H16N2O5. The molecule has 1 fully saturated rings. The van der Waals surface area contributed by atoms with E-state index in [4.69, 9.17) is 4.84 Å². The highest BCUT2D eigenvalue weighted by atomic mass is 16.7. The number of carbonyl (C=O) groups is 2. The molecule has 0 unspecified atom stereocenters. The fraction of sp³-hybridized carbons (Fsp3) is 0.333. The average Bonchev–Trinajstić information content (AvgIpc) is 2.97. The lowest BCUT2D eigenvalue weighted by molar-refractivity contribution is -0.179. The number of para-hydroxylation sites is 1. The van der Waals surface area contributed by atoms with Crippen LogP contribution in [0.3, 0.4) is 0 Å². The number of hydrogen-bond acceptors (Lipinski definition) is 4. The number of carboxylic acids is 2. The summed E-state index contributed by atoms with van der Waals surface area (Å²) < 4.78 is 1.88. The predicted molar refractivity (Wildman–Crippen MR) is 77.1 cm³/mol. The molecule has 0 bridgehead atoms. The number of rotatable bonds is 3. The second-order valence-corrected chi connectivity index (χ2v) is 5.41. The van der Waals surface area contributed by atoms with E-state index >= 15 is 0 Å². The summed E-state index contributed by atoms with van der Waals surface area (Å²) in [6.45, 7) is 0. The van der Waals surface area contributed by atoms with E-state index in [1.807, 2.05) is 41.9 Å². The highest BCUT2D eigenvalue weighted by molar-refractivity contribution is 5.85. The molecule has 1 aromatic heterocycles. The smallest absolute Gasteiger partial charge is 0.335 e. The molecule has 7 heteroatoms. The molecule has 1 saturated heterocycles. The molecule has 2 heterocycles. The van der Waals surface area contributed by atoms with Crippen LogP contribution in [0.25, 0.3) is 10.9 Å². The summed E-state index contributed by atoms with van der Waals surface area (Å²) in [6, 6.07) is 8.86. The maximum Gasteiger partial charge on any atom is 0.335 e. The summed E-state index contributed by atoms with van der Waals surface area (Å²) in [6.07, 6.45) is -1.40. The van der Waals surface area contributed by atoms with Crippen molar-refractivity contribution in [1.82, 2.24) is 9.63 Å². The first-order valence-electron chi connectivity index (χ1n) is 6.81. The number of nitrogens with zero attached hydrogens (tertiary/aromatic N) is 2. The van der Waals surface area contributed by atoms with Crippen LogP contribution in [0, 0.1) is 5.92 Å². The average molecular weight is 304 g/mol. The van der Waals surface area contributed by atoms with Crippen molar-refractivity contribution in [3.8, 4) is 0 Å². The quantitative estimate of drug-likeness (QED) is 0.886. The molecule has 0 spiro atoms. The molecule has 7 nitrogen and oxygen atoms in total. The van der Waals surface area contributed by atoms with Gasteiger partial charge in [0.15, 0.2) is 6.10 Å². The Morgan fingerprint density at radius 2 is 1.82 bits per heavy atom. The first-order chi connectivity index (χ1) is 10.4. The molecular weight excluding hydrogens is 288 g/mol. The van der Waals surface area contributed by atoms with Gasteiger partial charge in [0.1, 0.15) is 5.92 Å². The molecule has 0 aliphatic carbocycles. The number of aryl methyl sites for hydroxylation is 1. The summed E-state index contributed by atoms with van der Waals surface area (Å²) in [4.78, 5) is 28.1. The normalized spacial score (nSPS) is 25.6. The monoisotopic (exact) mass is 304 g/mol. The van der Waals surface area contributed by atoms with Gasteiger partial charge in [-0.15, -0.1) is 0 Å². The summed E-state index contributed by atoms with van der Waals surface area (Å²) >= 11 is 0. The molecule has 3 rings (SSSR count). The Labute approximate surface area is 126 Å². The maximum absolute atomic E-state index is 11.6. The van der Waals surface area contributed by atoms with E-state index in [9.17, 15) is 19.8 Å². The summed E-state index contributed by atoms with van der Waals surface area (Å²) in [7, 11) is 3.39. The minimum absolute atomic E-state index is 0.670. The van der Waals surface area contributed by atoms with Gasteiger partial charge in [0.05, 0.1) is 6.04 Å². The van der Waals surface area contributed by atoms with Crippen LogP contribution in [-0.2, 0) is 21.5 Å². The largest absolute Gasteiger partial charge is 0.481 e. The van der Waals surface area contributed by atoms with E-state index in [-0.39, 0.29) is 0 Å². The number of aromatic nitrogens is 1. The number of aliphatic carboxylic acids is 2. The third-order valence-electron chi connectivity index (χ3n) is 4.16. The zero-order valence-electron chi connectivity index (χ0n) is 12.1. The molecule has 2 aromatic rings. The van der Waals surface area contributed by atoms with Crippen molar-refractivity contribution in [3.63, 3.8) is 0 Å². The Hall–Kier alpha value is -2.38. The van der Waals surface area contributed by atoms with Crippen molar-refractivity contribution in [1.29, 1.82) is 0 Å². The number of fused-ring (bicyclic) bond motifs is 1. The Balaban J connectivity index is 2.13. The van der Waals surface area contributed by atoms with Gasteiger partial charge in [-0.3, -0.25) is 9.63 Å². The van der Waals surface area contributed by atoms with Crippen LogP contribution in [-0.4, -0.2) is 44.9 Å². The Bertz CT molecular complexity index is 753. The van der Waals surface area contributed by atoms with E-state index in [1.165, 1.54) is 5.06 Å². The lowest BCUT2D eigenvalue weighted by Gasteiger charge is -2.21. The Morgan fingerprint density at radius 3 is 2.41 bits per heavy atom. The minimum Gasteiger partial charge on any atom is -0.481 e. The van der Waals surface area contributed by atoms with Crippen LogP contribution >= 0.6 is 0 Å². The van der Waals surface area contributed by atoms with E-state index in [0.29, 0.717) is 5.69 Å². The molecule has 1 aromatic carbocycles. The third kappa shape index (κ3) is 2.06. The van der Waals surface area contributed by atoms with E-state index in [0.717, 1.165) is 10.9 Å². The zero-order valence-corrected chi connectivity index (χ0v) is 12.1. The topological polar surface area (TPSA) is 92.0 Å². The van der Waals surface area contributed by atoms with Gasteiger partial charge < -0.3 is 14.8 Å². The van der Waals surface area contributed by atoms with Gasteiger partial charge in [0, 0.05) is 25.3 Å². The standard InChI is InChI=1S/C15H16N2O5/c1-16-9-6-4-3-5-8(9)7-10(16)12-11(14(18)19)13(15(20)21)22-17(12)2/h3-7,11-13H,1-2H3,(H,18,19)(H,20,21)/t11-,12-,13-/m1/s1. The van der Waals surface area contributed by atoms with Crippen LogP contribution in [0.15, 0.2) is 30.3 Å². The molecule has 0 saturated carbocycles. The Morgan fingerprint density at radius 1 is 1.14 bits per heavy atom. The fourth-order valence-corrected chi connectivity index (χ4v) is 3.13. The Kier molecular flexibility index (Phi) is 3.38. The SMILES string of the molecule is CN1O[C@@H](C(=O)O)[C@H](C(=O)O)[C@H]1c1cc2ccccc2n1C. The molecule has 0 radical (unpaired) electrons. The highest BCUT2D eigenvalue weighted by Gasteiger charge is 2.51. The first kappa shape index (κ1) is 14.6. The van der Waals surface area contributed by atoms with Gasteiger partial charge in [-0.25, -0.2) is 4.79 Å². The molecule has 22 heavy (non-hydrogen) atoms. The highest BCUT2D eigenvalue weighted by Crippen LogP contribution is 2.40. The van der Waals surface area contributed by atoms with Crippen LogP contribution in [0.2, 0.25) is 0 Å². The first-order valence-corrected chi connectivity index (χ1v) is 6.81. The predicted octanol–water partition coefficient (Wildman–Crippen LogP) is 1.25. The fourth-order valence-electron chi connectivity index (χ4n) is 3.13. The van der Waals surface area contributed by atoms with Crippen molar-refractivity contribution >= 4 is 22.8 Å². The van der Waals surface area contributed by atoms with Crippen molar-refractivity contribution in [2.45, 2.75) is 12.1 Å². The second-order valence-electron chi connectivity index (χ2n) is 5.41. The lowest BCUT2D eigenvalue weighted by Crippen LogP contribution is -2.34. The van der Waals surface area contributed by atoms with Gasteiger partial charge in [0.2, 0.25) is 0 Å². The minimum atomic E-state index is -1.40. The van der Waals surface area contributed by atoms with Gasteiger partial charge in [-0.05, 0) is 17.5 Å². The number of benzene rings is 1. The number of carboxylic acid groups (broad SMARTS) is 2.